The number of anilines is 1. The molecule has 3 aromatic rings. The van der Waals surface area contributed by atoms with Crippen LogP contribution in [0.5, 0.6) is 11.5 Å². The van der Waals surface area contributed by atoms with Gasteiger partial charge in [0, 0.05) is 11.3 Å². The SMILES string of the molecule is COc1ccc(OCc2ccc(C(=O)Nc3cccc(C(C)=O)c3)o2)cc1. The Morgan fingerprint density at radius 3 is 2.44 bits per heavy atom. The molecule has 138 valence electrons. The number of carbonyl (C=O) groups excluding carboxylic acids is 2. The van der Waals surface area contributed by atoms with Gasteiger partial charge in [0.05, 0.1) is 7.11 Å². The maximum absolute atomic E-state index is 12.3. The number of rotatable bonds is 7. The van der Waals surface area contributed by atoms with Crippen LogP contribution < -0.4 is 14.8 Å². The van der Waals surface area contributed by atoms with Gasteiger partial charge < -0.3 is 19.2 Å². The van der Waals surface area contributed by atoms with Crippen LogP contribution in [0.1, 0.15) is 33.6 Å². The average molecular weight is 365 g/mol. The normalized spacial score (nSPS) is 10.3. The molecule has 0 aliphatic carbocycles. The first-order chi connectivity index (χ1) is 13.0. The van der Waals surface area contributed by atoms with Gasteiger partial charge in [0.2, 0.25) is 0 Å². The Hall–Kier alpha value is -3.54. The van der Waals surface area contributed by atoms with Crippen molar-refractivity contribution in [1.29, 1.82) is 0 Å². The summed E-state index contributed by atoms with van der Waals surface area (Å²) < 4.78 is 16.3. The Bertz CT molecular complexity index is 943. The van der Waals surface area contributed by atoms with Gasteiger partial charge in [-0.2, -0.15) is 0 Å². The first-order valence-electron chi connectivity index (χ1n) is 8.33. The summed E-state index contributed by atoms with van der Waals surface area (Å²) in [6.07, 6.45) is 0. The van der Waals surface area contributed by atoms with Crippen LogP contribution in [0.4, 0.5) is 5.69 Å². The quantitative estimate of drug-likeness (QED) is 0.631. The summed E-state index contributed by atoms with van der Waals surface area (Å²) in [5.41, 5.74) is 1.06. The van der Waals surface area contributed by atoms with Crippen molar-refractivity contribution in [1.82, 2.24) is 0 Å². The summed E-state index contributed by atoms with van der Waals surface area (Å²) in [6, 6.07) is 17.2. The second kappa shape index (κ2) is 8.23. The van der Waals surface area contributed by atoms with Crippen molar-refractivity contribution < 1.29 is 23.5 Å². The summed E-state index contributed by atoms with van der Waals surface area (Å²) in [5.74, 6) is 1.63. The highest BCUT2D eigenvalue weighted by atomic mass is 16.5. The van der Waals surface area contributed by atoms with Gasteiger partial charge in [-0.3, -0.25) is 9.59 Å². The minimum absolute atomic E-state index is 0.0675. The third-order valence-electron chi connectivity index (χ3n) is 3.85. The molecule has 0 aliphatic rings. The lowest BCUT2D eigenvalue weighted by Gasteiger charge is -2.06. The topological polar surface area (TPSA) is 77.8 Å². The lowest BCUT2D eigenvalue weighted by atomic mass is 10.1. The molecule has 0 bridgehead atoms. The van der Waals surface area contributed by atoms with E-state index in [0.29, 0.717) is 22.8 Å². The van der Waals surface area contributed by atoms with E-state index in [1.807, 2.05) is 0 Å². The number of hydrogen-bond acceptors (Lipinski definition) is 5. The first kappa shape index (κ1) is 18.3. The van der Waals surface area contributed by atoms with Gasteiger partial charge in [-0.15, -0.1) is 0 Å². The number of methoxy groups -OCH3 is 1. The van der Waals surface area contributed by atoms with Crippen molar-refractivity contribution in [2.75, 3.05) is 12.4 Å². The highest BCUT2D eigenvalue weighted by molar-refractivity contribution is 6.03. The molecule has 0 radical (unpaired) electrons. The number of hydrogen-bond donors (Lipinski definition) is 1. The molecule has 0 fully saturated rings. The zero-order valence-electron chi connectivity index (χ0n) is 15.0. The standard InChI is InChI=1S/C21H19NO5/c1-14(23)15-4-3-5-16(12-15)22-21(24)20-11-10-19(27-20)13-26-18-8-6-17(25-2)7-9-18/h3-12H,13H2,1-2H3,(H,22,24). The lowest BCUT2D eigenvalue weighted by molar-refractivity contribution is 0.0988. The molecular formula is C21H19NO5. The Morgan fingerprint density at radius 1 is 1.00 bits per heavy atom. The summed E-state index contributed by atoms with van der Waals surface area (Å²) in [7, 11) is 1.60. The number of nitrogens with one attached hydrogen (secondary N) is 1. The van der Waals surface area contributed by atoms with E-state index in [4.69, 9.17) is 13.9 Å². The van der Waals surface area contributed by atoms with Gasteiger partial charge >= 0.3 is 0 Å². The predicted octanol–water partition coefficient (Wildman–Crippen LogP) is 4.32. The molecule has 0 atom stereocenters. The smallest absolute Gasteiger partial charge is 0.291 e. The highest BCUT2D eigenvalue weighted by Gasteiger charge is 2.12. The molecule has 0 spiro atoms. The summed E-state index contributed by atoms with van der Waals surface area (Å²) in [6.45, 7) is 1.67. The van der Waals surface area contributed by atoms with Gasteiger partial charge in [0.1, 0.15) is 23.9 Å². The largest absolute Gasteiger partial charge is 0.497 e. The zero-order valence-corrected chi connectivity index (χ0v) is 15.0. The number of carbonyl (C=O) groups is 2. The molecule has 2 aromatic carbocycles. The van der Waals surface area contributed by atoms with Crippen molar-refractivity contribution in [2.24, 2.45) is 0 Å². The predicted molar refractivity (Wildman–Crippen MR) is 100 cm³/mol. The van der Waals surface area contributed by atoms with Gasteiger partial charge in [-0.1, -0.05) is 12.1 Å². The number of furan rings is 1. The molecule has 6 nitrogen and oxygen atoms in total. The maximum atomic E-state index is 12.3. The van der Waals surface area contributed by atoms with Crippen LogP contribution in [0.15, 0.2) is 65.1 Å². The summed E-state index contributed by atoms with van der Waals surface area (Å²) >= 11 is 0. The Kier molecular flexibility index (Phi) is 5.56. The minimum atomic E-state index is -0.397. The Morgan fingerprint density at radius 2 is 1.74 bits per heavy atom. The van der Waals surface area contributed by atoms with Gasteiger partial charge in [0.25, 0.3) is 5.91 Å². The molecule has 27 heavy (non-hydrogen) atoms. The van der Waals surface area contributed by atoms with E-state index in [0.717, 1.165) is 5.75 Å². The van der Waals surface area contributed by atoms with Crippen LogP contribution in [0, 0.1) is 0 Å². The molecule has 1 amide bonds. The van der Waals surface area contributed by atoms with Crippen LogP contribution in [-0.2, 0) is 6.61 Å². The number of benzene rings is 2. The molecule has 0 aliphatic heterocycles. The second-order valence-corrected chi connectivity index (χ2v) is 5.82. The average Bonchev–Trinajstić information content (AvgIpc) is 3.16. The van der Waals surface area contributed by atoms with Crippen molar-refractivity contribution in [3.63, 3.8) is 0 Å². The van der Waals surface area contributed by atoms with E-state index in [2.05, 4.69) is 5.32 Å². The fraction of sp³-hybridized carbons (Fsp3) is 0.143. The summed E-state index contributed by atoms with van der Waals surface area (Å²) in [4.78, 5) is 23.7. The van der Waals surface area contributed by atoms with Gasteiger partial charge in [-0.05, 0) is 55.5 Å². The van der Waals surface area contributed by atoms with Crippen molar-refractivity contribution in [3.05, 3.63) is 77.7 Å². The van der Waals surface area contributed by atoms with E-state index in [1.54, 1.807) is 67.8 Å². The Labute approximate surface area is 156 Å². The van der Waals surface area contributed by atoms with Crippen LogP contribution in [0.25, 0.3) is 0 Å². The lowest BCUT2D eigenvalue weighted by Crippen LogP contribution is -2.11. The van der Waals surface area contributed by atoms with Gasteiger partial charge in [0.15, 0.2) is 11.5 Å². The second-order valence-electron chi connectivity index (χ2n) is 5.82. The Balaban J connectivity index is 1.60. The minimum Gasteiger partial charge on any atom is -0.497 e. The summed E-state index contributed by atoms with van der Waals surface area (Å²) in [5, 5.41) is 2.71. The third kappa shape index (κ3) is 4.76. The molecule has 0 unspecified atom stereocenters. The monoisotopic (exact) mass is 365 g/mol. The fourth-order valence-electron chi connectivity index (χ4n) is 2.41. The van der Waals surface area contributed by atoms with E-state index in [9.17, 15) is 9.59 Å². The molecule has 0 saturated carbocycles. The van der Waals surface area contributed by atoms with Crippen LogP contribution >= 0.6 is 0 Å². The molecule has 1 aromatic heterocycles. The number of Topliss-reactive ketones (excluding diaryl/α,β-unsaturated/α-hetero) is 1. The van der Waals surface area contributed by atoms with E-state index in [-0.39, 0.29) is 18.2 Å². The van der Waals surface area contributed by atoms with Crippen molar-refractivity contribution in [2.45, 2.75) is 13.5 Å². The number of ketones is 1. The number of ether oxygens (including phenoxy) is 2. The maximum Gasteiger partial charge on any atom is 0.291 e. The van der Waals surface area contributed by atoms with Crippen molar-refractivity contribution in [3.8, 4) is 11.5 Å². The first-order valence-corrected chi connectivity index (χ1v) is 8.33. The van der Waals surface area contributed by atoms with E-state index >= 15 is 0 Å². The molecule has 6 heteroatoms. The number of amides is 1. The molecule has 1 heterocycles. The van der Waals surface area contributed by atoms with Crippen molar-refractivity contribution >= 4 is 17.4 Å². The van der Waals surface area contributed by atoms with Crippen LogP contribution in [0.3, 0.4) is 0 Å². The van der Waals surface area contributed by atoms with Crippen LogP contribution in [0.2, 0.25) is 0 Å². The van der Waals surface area contributed by atoms with E-state index < -0.39 is 5.91 Å². The molecular weight excluding hydrogens is 346 g/mol. The molecule has 3 rings (SSSR count). The van der Waals surface area contributed by atoms with Gasteiger partial charge in [-0.25, -0.2) is 0 Å². The molecule has 1 N–H and O–H groups in total. The van der Waals surface area contributed by atoms with Crippen LogP contribution in [-0.4, -0.2) is 18.8 Å². The zero-order chi connectivity index (χ0) is 19.2. The van der Waals surface area contributed by atoms with E-state index in [1.165, 1.54) is 6.92 Å². The fourth-order valence-corrected chi connectivity index (χ4v) is 2.41. The highest BCUT2D eigenvalue weighted by Crippen LogP contribution is 2.19. The third-order valence-corrected chi connectivity index (χ3v) is 3.85. The molecule has 0 saturated heterocycles.